The van der Waals surface area contributed by atoms with E-state index in [-0.39, 0.29) is 11.3 Å². The van der Waals surface area contributed by atoms with Crippen LogP contribution in [0.2, 0.25) is 0 Å². The van der Waals surface area contributed by atoms with Gasteiger partial charge >= 0.3 is 0 Å². The van der Waals surface area contributed by atoms with Crippen molar-refractivity contribution in [2.75, 3.05) is 18.0 Å². The van der Waals surface area contributed by atoms with Crippen molar-refractivity contribution in [2.24, 2.45) is 0 Å². The van der Waals surface area contributed by atoms with Crippen LogP contribution in [0.25, 0.3) is 0 Å². The molecule has 2 rings (SSSR count). The van der Waals surface area contributed by atoms with Crippen molar-refractivity contribution in [1.29, 1.82) is 0 Å². The molecule has 18 heavy (non-hydrogen) atoms. The molecule has 1 aromatic carbocycles. The van der Waals surface area contributed by atoms with E-state index in [1.54, 1.807) is 0 Å². The maximum atomic E-state index is 11.0. The highest BCUT2D eigenvalue weighted by molar-refractivity contribution is 5.88. The van der Waals surface area contributed by atoms with Crippen LogP contribution in [-0.4, -0.2) is 24.0 Å². The Morgan fingerprint density at radius 3 is 2.44 bits per heavy atom. The molecule has 0 radical (unpaired) electrons. The predicted octanol–water partition coefficient (Wildman–Crippen LogP) is 0.949. The fourth-order valence-corrected chi connectivity index (χ4v) is 2.20. The maximum absolute atomic E-state index is 11.0. The molecule has 0 aliphatic carbocycles. The van der Waals surface area contributed by atoms with Crippen LogP contribution in [0.15, 0.2) is 18.2 Å². The lowest BCUT2D eigenvalue weighted by Crippen LogP contribution is -2.30. The Balaban J connectivity index is 2.39. The molecule has 1 fully saturated rings. The minimum Gasteiger partial charge on any atom is -0.545 e. The molecule has 1 aromatic rings. The fourth-order valence-electron chi connectivity index (χ4n) is 2.20. The molecule has 0 bridgehead atoms. The summed E-state index contributed by atoms with van der Waals surface area (Å²) in [5.41, 5.74) is 0.158. The minimum atomic E-state index is -1.40. The van der Waals surface area contributed by atoms with Gasteiger partial charge < -0.3 is 14.8 Å². The largest absolute Gasteiger partial charge is 0.545 e. The van der Waals surface area contributed by atoms with Gasteiger partial charge in [0.1, 0.15) is 5.69 Å². The first-order valence-corrected chi connectivity index (χ1v) is 5.84. The number of nitro groups is 1. The van der Waals surface area contributed by atoms with E-state index in [2.05, 4.69) is 0 Å². The molecular formula is C12H13N2O4-. The Morgan fingerprint density at radius 1 is 1.22 bits per heavy atom. The Labute approximate surface area is 104 Å². The molecular weight excluding hydrogens is 236 g/mol. The first kappa shape index (κ1) is 12.3. The number of carbonyl (C=O) groups excluding carboxylic acids is 1. The number of carboxylic acid groups (broad SMARTS) is 1. The molecule has 96 valence electrons. The second-order valence-electron chi connectivity index (χ2n) is 4.30. The molecule has 1 saturated heterocycles. The molecule has 6 nitrogen and oxygen atoms in total. The third-order valence-electron chi connectivity index (χ3n) is 3.10. The van der Waals surface area contributed by atoms with Gasteiger partial charge in [-0.15, -0.1) is 0 Å². The van der Waals surface area contributed by atoms with Gasteiger partial charge in [-0.25, -0.2) is 0 Å². The number of benzene rings is 1. The van der Waals surface area contributed by atoms with Crippen LogP contribution in [0.5, 0.6) is 0 Å². The van der Waals surface area contributed by atoms with Gasteiger partial charge in [-0.05, 0) is 25.3 Å². The summed E-state index contributed by atoms with van der Waals surface area (Å²) < 4.78 is 0. The number of nitro benzene ring substituents is 1. The number of hydrogen-bond acceptors (Lipinski definition) is 5. The standard InChI is InChI=1S/C12H14N2O4/c15-12(16)9-4-5-10(11(8-9)14(17)18)13-6-2-1-3-7-13/h4-5,8H,1-3,6-7H2,(H,15,16)/p-1. The molecule has 1 aliphatic heterocycles. The Morgan fingerprint density at radius 2 is 1.89 bits per heavy atom. The van der Waals surface area contributed by atoms with Crippen LogP contribution in [0.1, 0.15) is 29.6 Å². The van der Waals surface area contributed by atoms with Crippen LogP contribution in [0, 0.1) is 10.1 Å². The van der Waals surface area contributed by atoms with Gasteiger partial charge in [0.2, 0.25) is 0 Å². The van der Waals surface area contributed by atoms with E-state index in [0.717, 1.165) is 38.4 Å². The summed E-state index contributed by atoms with van der Waals surface area (Å²) in [5.74, 6) is -1.40. The summed E-state index contributed by atoms with van der Waals surface area (Å²) in [5, 5.41) is 21.7. The zero-order chi connectivity index (χ0) is 13.1. The SMILES string of the molecule is O=C([O-])c1ccc(N2CCCCC2)c([N+](=O)[O-])c1. The third-order valence-corrected chi connectivity index (χ3v) is 3.10. The first-order chi connectivity index (χ1) is 8.59. The molecule has 0 aromatic heterocycles. The van der Waals surface area contributed by atoms with Crippen LogP contribution in [0.4, 0.5) is 11.4 Å². The zero-order valence-corrected chi connectivity index (χ0v) is 9.80. The van der Waals surface area contributed by atoms with Crippen LogP contribution in [-0.2, 0) is 0 Å². The summed E-state index contributed by atoms with van der Waals surface area (Å²) in [6, 6.07) is 3.92. The van der Waals surface area contributed by atoms with Gasteiger partial charge in [0.05, 0.1) is 10.9 Å². The smallest absolute Gasteiger partial charge is 0.293 e. The second kappa shape index (κ2) is 5.03. The lowest BCUT2D eigenvalue weighted by molar-refractivity contribution is -0.384. The van der Waals surface area contributed by atoms with Gasteiger partial charge in [0.25, 0.3) is 5.69 Å². The van der Waals surface area contributed by atoms with E-state index < -0.39 is 10.9 Å². The topological polar surface area (TPSA) is 86.5 Å². The summed E-state index contributed by atoms with van der Waals surface area (Å²) in [7, 11) is 0. The van der Waals surface area contributed by atoms with Gasteiger partial charge in [-0.2, -0.15) is 0 Å². The Bertz CT molecular complexity index is 481. The lowest BCUT2D eigenvalue weighted by atomic mass is 10.1. The summed E-state index contributed by atoms with van der Waals surface area (Å²) >= 11 is 0. The molecule has 0 atom stereocenters. The average Bonchev–Trinajstić information content (AvgIpc) is 2.39. The van der Waals surface area contributed by atoms with Crippen LogP contribution in [0.3, 0.4) is 0 Å². The van der Waals surface area contributed by atoms with Crippen molar-refractivity contribution < 1.29 is 14.8 Å². The maximum Gasteiger partial charge on any atom is 0.293 e. The molecule has 0 spiro atoms. The molecule has 0 N–H and O–H groups in total. The van der Waals surface area contributed by atoms with Gasteiger partial charge in [-0.3, -0.25) is 10.1 Å². The number of hydrogen-bond donors (Lipinski definition) is 0. The highest BCUT2D eigenvalue weighted by Gasteiger charge is 2.21. The molecule has 0 saturated carbocycles. The number of carboxylic acids is 1. The van der Waals surface area contributed by atoms with Gasteiger partial charge in [0, 0.05) is 24.7 Å². The van der Waals surface area contributed by atoms with E-state index in [9.17, 15) is 20.0 Å². The van der Waals surface area contributed by atoms with Crippen LogP contribution < -0.4 is 10.0 Å². The van der Waals surface area contributed by atoms with Crippen molar-refractivity contribution in [2.45, 2.75) is 19.3 Å². The first-order valence-electron chi connectivity index (χ1n) is 5.84. The van der Waals surface area contributed by atoms with E-state index in [1.807, 2.05) is 4.90 Å². The number of aromatic carboxylic acids is 1. The van der Waals surface area contributed by atoms with E-state index in [4.69, 9.17) is 0 Å². The van der Waals surface area contributed by atoms with E-state index >= 15 is 0 Å². The van der Waals surface area contributed by atoms with Crippen LogP contribution >= 0.6 is 0 Å². The summed E-state index contributed by atoms with van der Waals surface area (Å²) in [4.78, 5) is 23.1. The number of nitrogens with zero attached hydrogens (tertiary/aromatic N) is 2. The zero-order valence-electron chi connectivity index (χ0n) is 9.80. The lowest BCUT2D eigenvalue weighted by Gasteiger charge is -2.28. The van der Waals surface area contributed by atoms with Crippen molar-refractivity contribution in [1.82, 2.24) is 0 Å². The highest BCUT2D eigenvalue weighted by atomic mass is 16.6. The van der Waals surface area contributed by atoms with Crippen molar-refractivity contribution >= 4 is 17.3 Å². The molecule has 1 aliphatic rings. The average molecular weight is 249 g/mol. The molecule has 6 heteroatoms. The highest BCUT2D eigenvalue weighted by Crippen LogP contribution is 2.31. The molecule has 0 unspecified atom stereocenters. The summed E-state index contributed by atoms with van der Waals surface area (Å²) in [6.45, 7) is 1.54. The number of carbonyl (C=O) groups is 1. The van der Waals surface area contributed by atoms with Gasteiger partial charge in [-0.1, -0.05) is 6.07 Å². The minimum absolute atomic E-state index is 0.164. The second-order valence-corrected chi connectivity index (χ2v) is 4.30. The van der Waals surface area contributed by atoms with Crippen molar-refractivity contribution in [3.8, 4) is 0 Å². The number of piperidine rings is 1. The predicted molar refractivity (Wildman–Crippen MR) is 63.5 cm³/mol. The monoisotopic (exact) mass is 249 g/mol. The number of rotatable bonds is 3. The van der Waals surface area contributed by atoms with E-state index in [0.29, 0.717) is 5.69 Å². The normalized spacial score (nSPS) is 15.4. The fraction of sp³-hybridized carbons (Fsp3) is 0.417. The van der Waals surface area contributed by atoms with E-state index in [1.165, 1.54) is 12.1 Å². The van der Waals surface area contributed by atoms with Crippen molar-refractivity contribution in [3.05, 3.63) is 33.9 Å². The number of anilines is 1. The van der Waals surface area contributed by atoms with Gasteiger partial charge in [0.15, 0.2) is 0 Å². The molecule has 0 amide bonds. The van der Waals surface area contributed by atoms with Crippen molar-refractivity contribution in [3.63, 3.8) is 0 Å². The summed E-state index contributed by atoms with van der Waals surface area (Å²) in [6.07, 6.45) is 3.13. The quantitative estimate of drug-likeness (QED) is 0.588. The Kier molecular flexibility index (Phi) is 3.45. The Hall–Kier alpha value is -2.11. The molecule has 1 heterocycles. The third kappa shape index (κ3) is 2.42.